The van der Waals surface area contributed by atoms with Crippen molar-refractivity contribution >= 4 is 17.3 Å². The molecular weight excluding hydrogens is 322 g/mol. The van der Waals surface area contributed by atoms with Crippen LogP contribution in [0.15, 0.2) is 29.3 Å². The smallest absolute Gasteiger partial charge is 0.292 e. The Bertz CT molecular complexity index is 549. The van der Waals surface area contributed by atoms with E-state index < -0.39 is 4.92 Å². The number of ether oxygens (including phenoxy) is 1. The Balaban J connectivity index is 2.20. The molecule has 1 aromatic carbocycles. The largest absolute Gasteiger partial charge is 0.380 e. The highest BCUT2D eigenvalue weighted by Gasteiger charge is 2.11. The Hall–Kier alpha value is -2.35. The Morgan fingerprint density at radius 3 is 2.60 bits per heavy atom. The Kier molecular flexibility index (Phi) is 10.00. The molecule has 0 spiro atoms. The third kappa shape index (κ3) is 8.90. The van der Waals surface area contributed by atoms with E-state index in [4.69, 9.17) is 4.74 Å². The summed E-state index contributed by atoms with van der Waals surface area (Å²) in [5, 5.41) is 20.3. The molecular formula is C17H29N5O3. The number of para-hydroxylation sites is 2. The number of nitrogens with one attached hydrogen (secondary N) is 3. The fraction of sp³-hybridized carbons (Fsp3) is 0.588. The van der Waals surface area contributed by atoms with Gasteiger partial charge in [-0.05, 0) is 18.4 Å². The molecule has 0 saturated carbocycles. The first-order valence-electron chi connectivity index (χ1n) is 8.54. The molecule has 0 aliphatic carbocycles. The summed E-state index contributed by atoms with van der Waals surface area (Å²) in [6.07, 6.45) is 1.06. The van der Waals surface area contributed by atoms with Gasteiger partial charge in [0.25, 0.3) is 5.69 Å². The van der Waals surface area contributed by atoms with Crippen LogP contribution in [-0.2, 0) is 4.74 Å². The van der Waals surface area contributed by atoms with Gasteiger partial charge < -0.3 is 20.7 Å². The first-order valence-corrected chi connectivity index (χ1v) is 8.54. The van der Waals surface area contributed by atoms with Gasteiger partial charge in [0.2, 0.25) is 0 Å². The average molecular weight is 351 g/mol. The van der Waals surface area contributed by atoms with E-state index in [1.807, 2.05) is 0 Å². The minimum atomic E-state index is -0.393. The molecule has 0 unspecified atom stereocenters. The van der Waals surface area contributed by atoms with Crippen LogP contribution in [0.2, 0.25) is 0 Å². The molecule has 0 fully saturated rings. The highest BCUT2D eigenvalue weighted by atomic mass is 16.6. The fourth-order valence-corrected chi connectivity index (χ4v) is 2.04. The van der Waals surface area contributed by atoms with Crippen molar-refractivity contribution in [2.24, 2.45) is 10.9 Å². The van der Waals surface area contributed by atoms with Crippen molar-refractivity contribution in [1.82, 2.24) is 10.6 Å². The second-order valence-electron chi connectivity index (χ2n) is 5.92. The first kappa shape index (κ1) is 20.7. The maximum Gasteiger partial charge on any atom is 0.292 e. The number of hydrogen-bond acceptors (Lipinski definition) is 5. The summed E-state index contributed by atoms with van der Waals surface area (Å²) in [5.74, 6) is 1.33. The molecule has 1 aromatic rings. The van der Waals surface area contributed by atoms with E-state index in [0.717, 1.165) is 13.0 Å². The van der Waals surface area contributed by atoms with Gasteiger partial charge in [-0.2, -0.15) is 0 Å². The van der Waals surface area contributed by atoms with Crippen LogP contribution in [0.5, 0.6) is 0 Å². The van der Waals surface area contributed by atoms with E-state index in [1.54, 1.807) is 25.2 Å². The molecule has 0 bridgehead atoms. The van der Waals surface area contributed by atoms with E-state index in [9.17, 15) is 10.1 Å². The molecule has 0 aromatic heterocycles. The van der Waals surface area contributed by atoms with Crippen LogP contribution >= 0.6 is 0 Å². The van der Waals surface area contributed by atoms with E-state index in [1.165, 1.54) is 6.07 Å². The van der Waals surface area contributed by atoms with Crippen LogP contribution in [-0.4, -0.2) is 50.8 Å². The van der Waals surface area contributed by atoms with Crippen molar-refractivity contribution in [3.05, 3.63) is 34.4 Å². The summed E-state index contributed by atoms with van der Waals surface area (Å²) < 4.78 is 5.54. The summed E-state index contributed by atoms with van der Waals surface area (Å²) in [4.78, 5) is 14.7. The number of guanidine groups is 1. The topological polar surface area (TPSA) is 101 Å². The van der Waals surface area contributed by atoms with Gasteiger partial charge in [-0.3, -0.25) is 15.1 Å². The first-order chi connectivity index (χ1) is 12.0. The van der Waals surface area contributed by atoms with E-state index in [2.05, 4.69) is 34.8 Å². The number of nitro benzene ring substituents is 1. The molecule has 0 heterocycles. The third-order valence-corrected chi connectivity index (χ3v) is 3.44. The molecule has 0 radical (unpaired) electrons. The Labute approximate surface area is 149 Å². The molecule has 0 aliphatic rings. The number of anilines is 1. The summed E-state index contributed by atoms with van der Waals surface area (Å²) in [6, 6.07) is 6.59. The zero-order valence-electron chi connectivity index (χ0n) is 15.2. The zero-order valence-corrected chi connectivity index (χ0v) is 15.2. The number of benzene rings is 1. The highest BCUT2D eigenvalue weighted by Crippen LogP contribution is 2.22. The van der Waals surface area contributed by atoms with Gasteiger partial charge in [0.1, 0.15) is 5.69 Å². The van der Waals surface area contributed by atoms with Gasteiger partial charge >= 0.3 is 0 Å². The maximum absolute atomic E-state index is 10.9. The van der Waals surface area contributed by atoms with Crippen molar-refractivity contribution in [3.63, 3.8) is 0 Å². The third-order valence-electron chi connectivity index (χ3n) is 3.44. The van der Waals surface area contributed by atoms with Gasteiger partial charge in [-0.15, -0.1) is 0 Å². The predicted octanol–water partition coefficient (Wildman–Crippen LogP) is 2.23. The minimum Gasteiger partial charge on any atom is -0.380 e. The molecule has 0 aliphatic heterocycles. The predicted molar refractivity (Wildman–Crippen MR) is 101 cm³/mol. The van der Waals surface area contributed by atoms with Gasteiger partial charge in [0.05, 0.1) is 11.5 Å². The average Bonchev–Trinajstić information content (AvgIpc) is 2.59. The molecule has 3 N–H and O–H groups in total. The molecule has 8 nitrogen and oxygen atoms in total. The summed E-state index contributed by atoms with van der Waals surface area (Å²) >= 11 is 0. The van der Waals surface area contributed by atoms with Crippen LogP contribution in [0.4, 0.5) is 11.4 Å². The number of hydrogen-bond donors (Lipinski definition) is 3. The second-order valence-corrected chi connectivity index (χ2v) is 5.92. The number of nitro groups is 1. The maximum atomic E-state index is 10.9. The molecule has 0 saturated heterocycles. The minimum absolute atomic E-state index is 0.0727. The van der Waals surface area contributed by atoms with Crippen LogP contribution in [0.1, 0.15) is 20.3 Å². The highest BCUT2D eigenvalue weighted by molar-refractivity contribution is 5.79. The molecule has 8 heteroatoms. The summed E-state index contributed by atoms with van der Waals surface area (Å²) in [7, 11) is 1.70. The number of aliphatic imine (C=N–C) groups is 1. The molecule has 25 heavy (non-hydrogen) atoms. The van der Waals surface area contributed by atoms with Gasteiger partial charge in [0, 0.05) is 39.4 Å². The SMILES string of the molecule is CN=C(NCCNc1ccccc1[N+](=O)[O-])NCCOCCC(C)C. The van der Waals surface area contributed by atoms with Crippen LogP contribution in [0, 0.1) is 16.0 Å². The van der Waals surface area contributed by atoms with Gasteiger partial charge in [0.15, 0.2) is 5.96 Å². The van der Waals surface area contributed by atoms with Crippen molar-refractivity contribution in [1.29, 1.82) is 0 Å². The molecule has 140 valence electrons. The summed E-state index contributed by atoms with van der Waals surface area (Å²) in [5.41, 5.74) is 0.583. The molecule has 0 amide bonds. The lowest BCUT2D eigenvalue weighted by atomic mass is 10.1. The normalized spacial score (nSPS) is 11.4. The van der Waals surface area contributed by atoms with Crippen molar-refractivity contribution in [2.75, 3.05) is 45.2 Å². The quantitative estimate of drug-likeness (QED) is 0.186. The van der Waals surface area contributed by atoms with Crippen molar-refractivity contribution in [3.8, 4) is 0 Å². The monoisotopic (exact) mass is 351 g/mol. The fourth-order valence-electron chi connectivity index (χ4n) is 2.04. The lowest BCUT2D eigenvalue weighted by Gasteiger charge is -2.13. The van der Waals surface area contributed by atoms with E-state index in [0.29, 0.717) is 43.8 Å². The number of rotatable bonds is 11. The molecule has 1 rings (SSSR count). The van der Waals surface area contributed by atoms with Crippen molar-refractivity contribution < 1.29 is 9.66 Å². The summed E-state index contributed by atoms with van der Waals surface area (Å²) in [6.45, 7) is 7.54. The Morgan fingerprint density at radius 2 is 1.92 bits per heavy atom. The Morgan fingerprint density at radius 1 is 1.20 bits per heavy atom. The zero-order chi connectivity index (χ0) is 18.5. The molecule has 0 atom stereocenters. The van der Waals surface area contributed by atoms with Crippen LogP contribution < -0.4 is 16.0 Å². The van der Waals surface area contributed by atoms with E-state index >= 15 is 0 Å². The van der Waals surface area contributed by atoms with Crippen LogP contribution in [0.3, 0.4) is 0 Å². The number of nitrogens with zero attached hydrogens (tertiary/aromatic N) is 2. The van der Waals surface area contributed by atoms with Gasteiger partial charge in [-0.1, -0.05) is 26.0 Å². The van der Waals surface area contributed by atoms with Gasteiger partial charge in [-0.25, -0.2) is 0 Å². The standard InChI is InChI=1S/C17H29N5O3/c1-14(2)8-12-25-13-11-21-17(18-3)20-10-9-19-15-6-4-5-7-16(15)22(23)24/h4-7,14,19H,8-13H2,1-3H3,(H2,18,20,21). The van der Waals surface area contributed by atoms with E-state index in [-0.39, 0.29) is 5.69 Å². The lowest BCUT2D eigenvalue weighted by molar-refractivity contribution is -0.384. The van der Waals surface area contributed by atoms with Crippen molar-refractivity contribution in [2.45, 2.75) is 20.3 Å². The second kappa shape index (κ2) is 12.1. The lowest BCUT2D eigenvalue weighted by Crippen LogP contribution is -2.40. The van der Waals surface area contributed by atoms with Crippen LogP contribution in [0.25, 0.3) is 0 Å².